The molecule has 0 amide bonds. The third-order valence-electron chi connectivity index (χ3n) is 3.27. The number of imidazole rings is 1. The van der Waals surface area contributed by atoms with Gasteiger partial charge in [0.05, 0.1) is 22.6 Å². The SMILES string of the molecule is Cn1ccc(CCn2c(CCl)nc3ccc(Cl)cc32)n1. The molecular weight excluding hydrogens is 295 g/mol. The summed E-state index contributed by atoms with van der Waals surface area (Å²) in [6.45, 7) is 0.788. The molecule has 0 atom stereocenters. The molecule has 104 valence electrons. The zero-order valence-electron chi connectivity index (χ0n) is 11.1. The highest BCUT2D eigenvalue weighted by atomic mass is 35.5. The molecule has 1 aromatic carbocycles. The summed E-state index contributed by atoms with van der Waals surface area (Å²) in [7, 11) is 1.92. The summed E-state index contributed by atoms with van der Waals surface area (Å²) in [6, 6.07) is 7.72. The Hall–Kier alpha value is -1.52. The van der Waals surface area contributed by atoms with Gasteiger partial charge in [-0.3, -0.25) is 4.68 Å². The summed E-state index contributed by atoms with van der Waals surface area (Å²) >= 11 is 12.1. The van der Waals surface area contributed by atoms with E-state index in [1.54, 1.807) is 4.68 Å². The van der Waals surface area contributed by atoms with E-state index in [4.69, 9.17) is 23.2 Å². The van der Waals surface area contributed by atoms with E-state index in [0.717, 1.165) is 35.5 Å². The Morgan fingerprint density at radius 1 is 1.25 bits per heavy atom. The average Bonchev–Trinajstić information content (AvgIpc) is 2.99. The highest BCUT2D eigenvalue weighted by Gasteiger charge is 2.11. The molecule has 6 heteroatoms. The Morgan fingerprint density at radius 3 is 2.80 bits per heavy atom. The zero-order valence-corrected chi connectivity index (χ0v) is 12.6. The fourth-order valence-electron chi connectivity index (χ4n) is 2.32. The number of fused-ring (bicyclic) bond motifs is 1. The van der Waals surface area contributed by atoms with E-state index in [2.05, 4.69) is 14.6 Å². The maximum absolute atomic E-state index is 6.07. The van der Waals surface area contributed by atoms with Crippen LogP contribution in [0.5, 0.6) is 0 Å². The predicted octanol–water partition coefficient (Wildman–Crippen LogP) is 3.40. The van der Waals surface area contributed by atoms with Crippen LogP contribution >= 0.6 is 23.2 Å². The van der Waals surface area contributed by atoms with Crippen molar-refractivity contribution in [3.8, 4) is 0 Å². The summed E-state index contributed by atoms with van der Waals surface area (Å²) in [5, 5.41) is 5.09. The molecule has 0 saturated carbocycles. The van der Waals surface area contributed by atoms with Gasteiger partial charge in [0.25, 0.3) is 0 Å². The number of hydrogen-bond donors (Lipinski definition) is 0. The van der Waals surface area contributed by atoms with Crippen LogP contribution in [0, 0.1) is 0 Å². The molecule has 0 bridgehead atoms. The molecule has 0 aliphatic rings. The minimum absolute atomic E-state index is 0.383. The molecule has 3 rings (SSSR count). The minimum atomic E-state index is 0.383. The van der Waals surface area contributed by atoms with Crippen LogP contribution < -0.4 is 0 Å². The van der Waals surface area contributed by atoms with Gasteiger partial charge < -0.3 is 4.57 Å². The van der Waals surface area contributed by atoms with Crippen LogP contribution in [0.2, 0.25) is 5.02 Å². The second-order valence-corrected chi connectivity index (χ2v) is 5.38. The summed E-state index contributed by atoms with van der Waals surface area (Å²) < 4.78 is 3.92. The van der Waals surface area contributed by atoms with Gasteiger partial charge in [0.1, 0.15) is 5.82 Å². The van der Waals surface area contributed by atoms with Crippen molar-refractivity contribution < 1.29 is 0 Å². The van der Waals surface area contributed by atoms with Crippen molar-refractivity contribution in [3.05, 3.63) is 47.0 Å². The van der Waals surface area contributed by atoms with Gasteiger partial charge in [0, 0.05) is 31.2 Å². The molecule has 0 unspecified atom stereocenters. The van der Waals surface area contributed by atoms with Gasteiger partial charge in [-0.15, -0.1) is 11.6 Å². The molecule has 0 N–H and O–H groups in total. The van der Waals surface area contributed by atoms with E-state index < -0.39 is 0 Å². The summed E-state index contributed by atoms with van der Waals surface area (Å²) in [5.74, 6) is 1.24. The first-order valence-electron chi connectivity index (χ1n) is 6.36. The normalized spacial score (nSPS) is 11.3. The molecule has 0 aliphatic carbocycles. The topological polar surface area (TPSA) is 35.6 Å². The van der Waals surface area contributed by atoms with Crippen molar-refractivity contribution in [2.24, 2.45) is 7.05 Å². The smallest absolute Gasteiger partial charge is 0.124 e. The molecule has 0 spiro atoms. The molecule has 3 aromatic rings. The molecule has 4 nitrogen and oxygen atoms in total. The maximum atomic E-state index is 6.07. The zero-order chi connectivity index (χ0) is 14.1. The maximum Gasteiger partial charge on any atom is 0.124 e. The summed E-state index contributed by atoms with van der Waals surface area (Å²) in [5.41, 5.74) is 2.99. The van der Waals surface area contributed by atoms with Crippen molar-refractivity contribution in [3.63, 3.8) is 0 Å². The number of aromatic nitrogens is 4. The Morgan fingerprint density at radius 2 is 2.10 bits per heavy atom. The number of halogens is 2. The lowest BCUT2D eigenvalue weighted by molar-refractivity contribution is 0.660. The lowest BCUT2D eigenvalue weighted by atomic mass is 10.3. The fraction of sp³-hybridized carbons (Fsp3) is 0.286. The molecule has 0 fully saturated rings. The lowest BCUT2D eigenvalue weighted by Crippen LogP contribution is -2.05. The lowest BCUT2D eigenvalue weighted by Gasteiger charge is -2.06. The highest BCUT2D eigenvalue weighted by Crippen LogP contribution is 2.22. The number of rotatable bonds is 4. The van der Waals surface area contributed by atoms with Crippen LogP contribution in [0.25, 0.3) is 11.0 Å². The molecular formula is C14H14Cl2N4. The van der Waals surface area contributed by atoms with Gasteiger partial charge in [0.2, 0.25) is 0 Å². The van der Waals surface area contributed by atoms with E-state index in [-0.39, 0.29) is 0 Å². The van der Waals surface area contributed by atoms with Crippen molar-refractivity contribution in [2.75, 3.05) is 0 Å². The summed E-state index contributed by atoms with van der Waals surface area (Å²) in [6.07, 6.45) is 2.78. The molecule has 0 aliphatic heterocycles. The van der Waals surface area contributed by atoms with Crippen molar-refractivity contribution in [2.45, 2.75) is 18.8 Å². The van der Waals surface area contributed by atoms with Crippen molar-refractivity contribution in [1.82, 2.24) is 19.3 Å². The van der Waals surface area contributed by atoms with Crippen LogP contribution in [-0.2, 0) is 25.9 Å². The van der Waals surface area contributed by atoms with Crippen LogP contribution in [0.15, 0.2) is 30.5 Å². The quantitative estimate of drug-likeness (QED) is 0.692. The van der Waals surface area contributed by atoms with E-state index in [1.165, 1.54) is 0 Å². The van der Waals surface area contributed by atoms with E-state index in [1.807, 2.05) is 37.5 Å². The number of aryl methyl sites for hydroxylation is 3. The number of nitrogens with zero attached hydrogens (tertiary/aromatic N) is 4. The van der Waals surface area contributed by atoms with Gasteiger partial charge in [-0.25, -0.2) is 4.98 Å². The Labute approximate surface area is 126 Å². The van der Waals surface area contributed by atoms with Gasteiger partial charge >= 0.3 is 0 Å². The largest absolute Gasteiger partial charge is 0.327 e. The third kappa shape index (κ3) is 2.53. The average molecular weight is 309 g/mol. The third-order valence-corrected chi connectivity index (χ3v) is 3.74. The summed E-state index contributed by atoms with van der Waals surface area (Å²) in [4.78, 5) is 4.54. The van der Waals surface area contributed by atoms with Gasteiger partial charge in [-0.1, -0.05) is 11.6 Å². The van der Waals surface area contributed by atoms with Gasteiger partial charge in [-0.05, 0) is 24.3 Å². The molecule has 0 radical (unpaired) electrons. The van der Waals surface area contributed by atoms with Crippen LogP contribution in [0.1, 0.15) is 11.5 Å². The second kappa shape index (κ2) is 5.46. The van der Waals surface area contributed by atoms with Crippen LogP contribution in [0.3, 0.4) is 0 Å². The van der Waals surface area contributed by atoms with Crippen molar-refractivity contribution in [1.29, 1.82) is 0 Å². The Bertz CT molecular complexity index is 745. The van der Waals surface area contributed by atoms with Crippen LogP contribution in [-0.4, -0.2) is 19.3 Å². The molecule has 2 heterocycles. The van der Waals surface area contributed by atoms with Gasteiger partial charge in [-0.2, -0.15) is 5.10 Å². The number of alkyl halides is 1. The van der Waals surface area contributed by atoms with Gasteiger partial charge in [0.15, 0.2) is 0 Å². The number of hydrogen-bond acceptors (Lipinski definition) is 2. The molecule has 0 saturated heterocycles. The minimum Gasteiger partial charge on any atom is -0.327 e. The molecule has 20 heavy (non-hydrogen) atoms. The fourth-order valence-corrected chi connectivity index (χ4v) is 2.69. The first kappa shape index (κ1) is 13.5. The first-order chi connectivity index (χ1) is 9.67. The first-order valence-corrected chi connectivity index (χ1v) is 7.28. The number of benzene rings is 1. The Balaban J connectivity index is 1.94. The van der Waals surface area contributed by atoms with E-state index in [0.29, 0.717) is 10.9 Å². The van der Waals surface area contributed by atoms with E-state index >= 15 is 0 Å². The highest BCUT2D eigenvalue weighted by molar-refractivity contribution is 6.31. The monoisotopic (exact) mass is 308 g/mol. The predicted molar refractivity (Wildman–Crippen MR) is 81.2 cm³/mol. The second-order valence-electron chi connectivity index (χ2n) is 4.68. The standard InChI is InChI=1S/C14H14Cl2N4/c1-19-6-4-11(18-19)5-7-20-13-8-10(16)2-3-12(13)17-14(20)9-15/h2-4,6,8H,5,7,9H2,1H3. The molecule has 2 aromatic heterocycles. The van der Waals surface area contributed by atoms with Crippen LogP contribution in [0.4, 0.5) is 0 Å². The van der Waals surface area contributed by atoms with E-state index in [9.17, 15) is 0 Å². The Kier molecular flexibility index (Phi) is 3.68. The van der Waals surface area contributed by atoms with Crippen molar-refractivity contribution >= 4 is 34.2 Å².